The SMILES string of the molecule is CC(O)CNC(=O)c1cc(-c2cccs2)on1. The largest absolute Gasteiger partial charge is 0.392 e. The van der Waals surface area contributed by atoms with Gasteiger partial charge in [-0.1, -0.05) is 11.2 Å². The Labute approximate surface area is 102 Å². The van der Waals surface area contributed by atoms with Crippen molar-refractivity contribution >= 4 is 17.2 Å². The van der Waals surface area contributed by atoms with E-state index in [1.807, 2.05) is 17.5 Å². The maximum Gasteiger partial charge on any atom is 0.273 e. The summed E-state index contributed by atoms with van der Waals surface area (Å²) >= 11 is 1.51. The predicted octanol–water partition coefficient (Wildman–Crippen LogP) is 1.51. The van der Waals surface area contributed by atoms with Gasteiger partial charge < -0.3 is 14.9 Å². The summed E-state index contributed by atoms with van der Waals surface area (Å²) in [6, 6.07) is 5.38. The Morgan fingerprint density at radius 3 is 3.18 bits per heavy atom. The van der Waals surface area contributed by atoms with Crippen molar-refractivity contribution < 1.29 is 14.4 Å². The zero-order valence-electron chi connectivity index (χ0n) is 9.21. The number of carbonyl (C=O) groups excluding carboxylic acids is 1. The van der Waals surface area contributed by atoms with E-state index in [9.17, 15) is 4.79 Å². The van der Waals surface area contributed by atoms with E-state index < -0.39 is 6.10 Å². The van der Waals surface area contributed by atoms with Gasteiger partial charge in [0.05, 0.1) is 11.0 Å². The third-order valence-corrected chi connectivity index (χ3v) is 2.95. The van der Waals surface area contributed by atoms with Crippen LogP contribution in [-0.4, -0.2) is 28.8 Å². The summed E-state index contributed by atoms with van der Waals surface area (Å²) in [6.45, 7) is 1.79. The Bertz CT molecular complexity index is 491. The highest BCUT2D eigenvalue weighted by atomic mass is 32.1. The zero-order chi connectivity index (χ0) is 12.3. The minimum absolute atomic E-state index is 0.194. The van der Waals surface area contributed by atoms with Crippen molar-refractivity contribution in [2.75, 3.05) is 6.54 Å². The number of aromatic nitrogens is 1. The molecule has 1 unspecified atom stereocenters. The molecule has 0 bridgehead atoms. The fourth-order valence-corrected chi connectivity index (χ4v) is 1.92. The molecule has 6 heteroatoms. The van der Waals surface area contributed by atoms with E-state index in [1.54, 1.807) is 13.0 Å². The average molecular weight is 252 g/mol. The summed E-state index contributed by atoms with van der Waals surface area (Å²) in [4.78, 5) is 12.5. The van der Waals surface area contributed by atoms with E-state index in [2.05, 4.69) is 10.5 Å². The molecule has 2 aromatic rings. The fourth-order valence-electron chi connectivity index (χ4n) is 1.25. The number of nitrogens with zero attached hydrogens (tertiary/aromatic N) is 1. The van der Waals surface area contributed by atoms with Crippen LogP contribution in [0.2, 0.25) is 0 Å². The highest BCUT2D eigenvalue weighted by molar-refractivity contribution is 7.13. The van der Waals surface area contributed by atoms with Gasteiger partial charge in [0.1, 0.15) is 0 Å². The number of thiophene rings is 1. The molecule has 1 amide bonds. The van der Waals surface area contributed by atoms with Crippen LogP contribution in [0.3, 0.4) is 0 Å². The molecular formula is C11H12N2O3S. The van der Waals surface area contributed by atoms with Crippen LogP contribution in [0.15, 0.2) is 28.1 Å². The zero-order valence-corrected chi connectivity index (χ0v) is 10.0. The van der Waals surface area contributed by atoms with Gasteiger partial charge in [-0.3, -0.25) is 4.79 Å². The molecule has 2 heterocycles. The van der Waals surface area contributed by atoms with Crippen molar-refractivity contribution in [2.24, 2.45) is 0 Å². The minimum atomic E-state index is -0.581. The molecule has 0 aliphatic heterocycles. The highest BCUT2D eigenvalue weighted by Crippen LogP contribution is 2.24. The first-order valence-electron chi connectivity index (χ1n) is 5.13. The standard InChI is InChI=1S/C11H12N2O3S/c1-7(14)6-12-11(15)8-5-9(16-13-8)10-3-2-4-17-10/h2-5,7,14H,6H2,1H3,(H,12,15). The second kappa shape index (κ2) is 5.11. The third kappa shape index (κ3) is 2.92. The molecule has 0 saturated carbocycles. The molecular weight excluding hydrogens is 240 g/mol. The van der Waals surface area contributed by atoms with Crippen LogP contribution in [0.1, 0.15) is 17.4 Å². The predicted molar refractivity (Wildman–Crippen MR) is 63.8 cm³/mol. The molecule has 0 aliphatic rings. The first kappa shape index (κ1) is 11.8. The maximum atomic E-state index is 11.6. The van der Waals surface area contributed by atoms with Crippen molar-refractivity contribution in [2.45, 2.75) is 13.0 Å². The van der Waals surface area contributed by atoms with Crippen LogP contribution in [-0.2, 0) is 0 Å². The Balaban J connectivity index is 2.05. The second-order valence-corrected chi connectivity index (χ2v) is 4.56. The quantitative estimate of drug-likeness (QED) is 0.865. The van der Waals surface area contributed by atoms with Crippen LogP contribution in [0, 0.1) is 0 Å². The van der Waals surface area contributed by atoms with Gasteiger partial charge in [-0.15, -0.1) is 11.3 Å². The van der Waals surface area contributed by atoms with Crippen molar-refractivity contribution in [3.63, 3.8) is 0 Å². The Kier molecular flexibility index (Phi) is 3.55. The molecule has 0 saturated heterocycles. The van der Waals surface area contributed by atoms with Gasteiger partial charge in [-0.2, -0.15) is 0 Å². The lowest BCUT2D eigenvalue weighted by Gasteiger charge is -2.03. The van der Waals surface area contributed by atoms with Crippen molar-refractivity contribution in [3.8, 4) is 10.6 Å². The molecule has 0 fully saturated rings. The van der Waals surface area contributed by atoms with E-state index in [-0.39, 0.29) is 18.1 Å². The van der Waals surface area contributed by atoms with E-state index in [4.69, 9.17) is 9.63 Å². The summed E-state index contributed by atoms with van der Waals surface area (Å²) in [5.41, 5.74) is 0.217. The number of amides is 1. The summed E-state index contributed by atoms with van der Waals surface area (Å²) in [5, 5.41) is 17.2. The Morgan fingerprint density at radius 2 is 2.53 bits per heavy atom. The number of hydrogen-bond donors (Lipinski definition) is 2. The van der Waals surface area contributed by atoms with Gasteiger partial charge in [-0.05, 0) is 18.4 Å². The fraction of sp³-hybridized carbons (Fsp3) is 0.273. The van der Waals surface area contributed by atoms with Gasteiger partial charge in [-0.25, -0.2) is 0 Å². The highest BCUT2D eigenvalue weighted by Gasteiger charge is 2.14. The first-order valence-corrected chi connectivity index (χ1v) is 6.01. The molecule has 0 aromatic carbocycles. The Hall–Kier alpha value is -1.66. The monoisotopic (exact) mass is 252 g/mol. The molecule has 17 heavy (non-hydrogen) atoms. The van der Waals surface area contributed by atoms with Crippen LogP contribution in [0.5, 0.6) is 0 Å². The van der Waals surface area contributed by atoms with Crippen LogP contribution in [0.4, 0.5) is 0 Å². The molecule has 0 aliphatic carbocycles. The molecule has 2 aromatic heterocycles. The molecule has 90 valence electrons. The minimum Gasteiger partial charge on any atom is -0.392 e. The number of nitrogens with one attached hydrogen (secondary N) is 1. The molecule has 0 spiro atoms. The van der Waals surface area contributed by atoms with E-state index in [0.29, 0.717) is 5.76 Å². The number of rotatable bonds is 4. The van der Waals surface area contributed by atoms with Crippen LogP contribution < -0.4 is 5.32 Å². The summed E-state index contributed by atoms with van der Waals surface area (Å²) in [5.74, 6) is 0.222. The van der Waals surface area contributed by atoms with Gasteiger partial charge in [0.25, 0.3) is 5.91 Å². The summed E-state index contributed by atoms with van der Waals surface area (Å²) in [7, 11) is 0. The van der Waals surface area contributed by atoms with Crippen LogP contribution >= 0.6 is 11.3 Å². The normalized spacial score (nSPS) is 12.4. The van der Waals surface area contributed by atoms with E-state index >= 15 is 0 Å². The van der Waals surface area contributed by atoms with Gasteiger partial charge in [0, 0.05) is 12.6 Å². The topological polar surface area (TPSA) is 75.4 Å². The average Bonchev–Trinajstić information content (AvgIpc) is 2.94. The second-order valence-electron chi connectivity index (χ2n) is 3.61. The molecule has 5 nitrogen and oxygen atoms in total. The van der Waals surface area contributed by atoms with Crippen molar-refractivity contribution in [3.05, 3.63) is 29.3 Å². The Morgan fingerprint density at radius 1 is 1.71 bits per heavy atom. The number of aliphatic hydroxyl groups is 1. The maximum absolute atomic E-state index is 11.6. The first-order chi connectivity index (χ1) is 8.16. The smallest absolute Gasteiger partial charge is 0.273 e. The lowest BCUT2D eigenvalue weighted by atomic mass is 10.3. The summed E-state index contributed by atoms with van der Waals surface area (Å²) < 4.78 is 5.07. The van der Waals surface area contributed by atoms with Crippen molar-refractivity contribution in [1.82, 2.24) is 10.5 Å². The van der Waals surface area contributed by atoms with E-state index in [1.165, 1.54) is 11.3 Å². The number of hydrogen-bond acceptors (Lipinski definition) is 5. The third-order valence-electron chi connectivity index (χ3n) is 2.06. The van der Waals surface area contributed by atoms with Gasteiger partial charge >= 0.3 is 0 Å². The lowest BCUT2D eigenvalue weighted by molar-refractivity contribution is 0.0915. The number of carbonyl (C=O) groups is 1. The lowest BCUT2D eigenvalue weighted by Crippen LogP contribution is -2.30. The molecule has 1 atom stereocenters. The van der Waals surface area contributed by atoms with Crippen LogP contribution in [0.25, 0.3) is 10.6 Å². The van der Waals surface area contributed by atoms with Gasteiger partial charge in [0.15, 0.2) is 11.5 Å². The molecule has 0 radical (unpaired) electrons. The van der Waals surface area contributed by atoms with E-state index in [0.717, 1.165) is 4.88 Å². The van der Waals surface area contributed by atoms with Gasteiger partial charge in [0.2, 0.25) is 0 Å². The van der Waals surface area contributed by atoms with Crippen molar-refractivity contribution in [1.29, 1.82) is 0 Å². The summed E-state index contributed by atoms with van der Waals surface area (Å²) in [6.07, 6.45) is -0.581. The number of aliphatic hydroxyl groups excluding tert-OH is 1. The molecule has 2 rings (SSSR count). The molecule has 2 N–H and O–H groups in total.